The molecule has 2 aromatic rings. The molecule has 102 valence electrons. The van der Waals surface area contributed by atoms with E-state index in [1.807, 2.05) is 0 Å². The molecule has 0 bridgehead atoms. The number of hydrogen-bond donors (Lipinski definition) is 0. The zero-order valence-electron chi connectivity index (χ0n) is 9.89. The van der Waals surface area contributed by atoms with Crippen molar-refractivity contribution in [3.8, 4) is 17.4 Å². The summed E-state index contributed by atoms with van der Waals surface area (Å²) in [5.41, 5.74) is -0.626. The van der Waals surface area contributed by atoms with Gasteiger partial charge in [-0.05, 0) is 6.07 Å². The van der Waals surface area contributed by atoms with Gasteiger partial charge in [0.05, 0.1) is 6.57 Å². The average molecular weight is 280 g/mol. The predicted octanol–water partition coefficient (Wildman–Crippen LogP) is 4.17. The molecule has 0 aliphatic heterocycles. The molecule has 0 N–H and O–H groups in total. The Kier molecular flexibility index (Phi) is 4.05. The van der Waals surface area contributed by atoms with Crippen LogP contribution in [-0.2, 0) is 0 Å². The molecule has 0 atom stereocenters. The highest BCUT2D eigenvalue weighted by Crippen LogP contribution is 2.37. The summed E-state index contributed by atoms with van der Waals surface area (Å²) in [5, 5.41) is 0. The Labute approximate surface area is 112 Å². The van der Waals surface area contributed by atoms with Gasteiger partial charge < -0.3 is 9.47 Å². The zero-order valence-corrected chi connectivity index (χ0v) is 9.89. The summed E-state index contributed by atoms with van der Waals surface area (Å²) in [6.45, 7) is 3.60. The highest BCUT2D eigenvalue weighted by atomic mass is 19.3. The number of rotatable bonds is 4. The van der Waals surface area contributed by atoms with Crippen LogP contribution in [0.15, 0.2) is 36.5 Å². The first kappa shape index (κ1) is 13.7. The Bertz CT molecular complexity index is 642. The standard InChI is InChI=1S/C13H7F3N2O2/c1-17-12-9(14)6-8(7-10(12)20-13(15)16)19-11-4-2-3-5-18-11/h2-7,13H. The fourth-order valence-corrected chi connectivity index (χ4v) is 1.43. The normalized spacial score (nSPS) is 10.2. The van der Waals surface area contributed by atoms with Gasteiger partial charge in [-0.1, -0.05) is 6.07 Å². The Morgan fingerprint density at radius 3 is 2.65 bits per heavy atom. The third-order valence-electron chi connectivity index (χ3n) is 2.19. The van der Waals surface area contributed by atoms with Crippen LogP contribution in [0.5, 0.6) is 17.4 Å². The van der Waals surface area contributed by atoms with E-state index in [2.05, 4.69) is 14.6 Å². The van der Waals surface area contributed by atoms with Gasteiger partial charge in [0.15, 0.2) is 0 Å². The summed E-state index contributed by atoms with van der Waals surface area (Å²) in [5.74, 6) is -1.53. The maximum Gasteiger partial charge on any atom is 0.386 e. The van der Waals surface area contributed by atoms with Crippen molar-refractivity contribution in [2.24, 2.45) is 0 Å². The van der Waals surface area contributed by atoms with E-state index in [4.69, 9.17) is 11.3 Å². The second-order valence-corrected chi connectivity index (χ2v) is 3.51. The van der Waals surface area contributed by atoms with Gasteiger partial charge in [0.1, 0.15) is 17.3 Å². The molecule has 1 heterocycles. The van der Waals surface area contributed by atoms with Gasteiger partial charge >= 0.3 is 6.61 Å². The maximum atomic E-state index is 13.6. The molecule has 0 fully saturated rings. The van der Waals surface area contributed by atoms with Gasteiger partial charge in [0.25, 0.3) is 5.69 Å². The van der Waals surface area contributed by atoms with Gasteiger partial charge in [0, 0.05) is 24.4 Å². The molecule has 20 heavy (non-hydrogen) atoms. The van der Waals surface area contributed by atoms with Crippen LogP contribution >= 0.6 is 0 Å². The van der Waals surface area contributed by atoms with Gasteiger partial charge in [-0.15, -0.1) is 0 Å². The number of halogens is 3. The highest BCUT2D eigenvalue weighted by Gasteiger charge is 2.17. The lowest BCUT2D eigenvalue weighted by Gasteiger charge is -2.10. The number of hydrogen-bond acceptors (Lipinski definition) is 3. The Balaban J connectivity index is 2.36. The van der Waals surface area contributed by atoms with E-state index in [1.165, 1.54) is 12.3 Å². The lowest BCUT2D eigenvalue weighted by atomic mass is 10.2. The maximum absolute atomic E-state index is 13.6. The average Bonchev–Trinajstić information content (AvgIpc) is 2.39. The van der Waals surface area contributed by atoms with Gasteiger partial charge in [0.2, 0.25) is 5.88 Å². The van der Waals surface area contributed by atoms with Crippen LogP contribution in [0.2, 0.25) is 0 Å². The minimum Gasteiger partial charge on any atom is -0.446 e. The van der Waals surface area contributed by atoms with Crippen molar-refractivity contribution >= 4 is 5.69 Å². The van der Waals surface area contributed by atoms with E-state index in [1.54, 1.807) is 12.1 Å². The van der Waals surface area contributed by atoms with Crippen molar-refractivity contribution < 1.29 is 22.6 Å². The summed E-state index contributed by atoms with van der Waals surface area (Å²) in [6.07, 6.45) is 1.45. The largest absolute Gasteiger partial charge is 0.446 e. The molecule has 1 aromatic carbocycles. The van der Waals surface area contributed by atoms with E-state index in [-0.39, 0.29) is 11.6 Å². The van der Waals surface area contributed by atoms with Crippen molar-refractivity contribution in [3.05, 3.63) is 53.8 Å². The molecule has 0 saturated carbocycles. The molecule has 0 aliphatic rings. The van der Waals surface area contributed by atoms with Crippen LogP contribution in [0.3, 0.4) is 0 Å². The number of benzene rings is 1. The van der Waals surface area contributed by atoms with Crippen molar-refractivity contribution in [1.82, 2.24) is 4.98 Å². The Morgan fingerprint density at radius 2 is 2.05 bits per heavy atom. The first-order chi connectivity index (χ1) is 9.60. The summed E-state index contributed by atoms with van der Waals surface area (Å²) in [4.78, 5) is 6.66. The highest BCUT2D eigenvalue weighted by molar-refractivity contribution is 5.61. The second kappa shape index (κ2) is 5.93. The molecule has 0 radical (unpaired) electrons. The van der Waals surface area contributed by atoms with Gasteiger partial charge in [-0.3, -0.25) is 0 Å². The van der Waals surface area contributed by atoms with Crippen molar-refractivity contribution in [2.75, 3.05) is 0 Å². The molecular formula is C13H7F3N2O2. The number of pyridine rings is 1. The van der Waals surface area contributed by atoms with E-state index in [0.29, 0.717) is 0 Å². The topological polar surface area (TPSA) is 35.7 Å². The molecule has 2 rings (SSSR count). The third-order valence-corrected chi connectivity index (χ3v) is 2.19. The van der Waals surface area contributed by atoms with Crippen LogP contribution in [0.25, 0.3) is 4.85 Å². The second-order valence-electron chi connectivity index (χ2n) is 3.51. The van der Waals surface area contributed by atoms with E-state index in [0.717, 1.165) is 12.1 Å². The molecule has 0 amide bonds. The molecule has 0 unspecified atom stereocenters. The van der Waals surface area contributed by atoms with Gasteiger partial charge in [-0.2, -0.15) is 8.78 Å². The quantitative estimate of drug-likeness (QED) is 0.789. The zero-order chi connectivity index (χ0) is 14.5. The number of aromatic nitrogens is 1. The van der Waals surface area contributed by atoms with Crippen molar-refractivity contribution in [2.45, 2.75) is 6.61 Å². The Hall–Kier alpha value is -2.75. The van der Waals surface area contributed by atoms with E-state index in [9.17, 15) is 13.2 Å². The molecular weight excluding hydrogens is 273 g/mol. The van der Waals surface area contributed by atoms with Crippen LogP contribution in [0.1, 0.15) is 0 Å². The Morgan fingerprint density at radius 1 is 1.25 bits per heavy atom. The monoisotopic (exact) mass is 280 g/mol. The minimum atomic E-state index is -3.17. The lowest BCUT2D eigenvalue weighted by molar-refractivity contribution is -0.0494. The molecule has 0 saturated heterocycles. The molecule has 4 nitrogen and oxygen atoms in total. The van der Waals surface area contributed by atoms with E-state index < -0.39 is 23.9 Å². The van der Waals surface area contributed by atoms with Gasteiger partial charge in [-0.25, -0.2) is 14.2 Å². The first-order valence-corrected chi connectivity index (χ1v) is 5.35. The van der Waals surface area contributed by atoms with Crippen molar-refractivity contribution in [3.63, 3.8) is 0 Å². The molecule has 7 heteroatoms. The number of ether oxygens (including phenoxy) is 2. The van der Waals surface area contributed by atoms with Crippen LogP contribution in [0.4, 0.5) is 18.9 Å². The smallest absolute Gasteiger partial charge is 0.386 e. The lowest BCUT2D eigenvalue weighted by Crippen LogP contribution is -2.03. The summed E-state index contributed by atoms with van der Waals surface area (Å²) in [7, 11) is 0. The van der Waals surface area contributed by atoms with E-state index >= 15 is 0 Å². The van der Waals surface area contributed by atoms with Crippen LogP contribution in [-0.4, -0.2) is 11.6 Å². The first-order valence-electron chi connectivity index (χ1n) is 5.35. The summed E-state index contributed by atoms with van der Waals surface area (Å²) in [6, 6.07) is 6.72. The summed E-state index contributed by atoms with van der Waals surface area (Å²) < 4.78 is 47.4. The van der Waals surface area contributed by atoms with Crippen LogP contribution < -0.4 is 9.47 Å². The summed E-state index contributed by atoms with van der Waals surface area (Å²) >= 11 is 0. The molecule has 0 spiro atoms. The van der Waals surface area contributed by atoms with Crippen LogP contribution in [0, 0.1) is 12.4 Å². The predicted molar refractivity (Wildman–Crippen MR) is 63.6 cm³/mol. The van der Waals surface area contributed by atoms with Crippen molar-refractivity contribution in [1.29, 1.82) is 0 Å². The SMILES string of the molecule is [C-]#[N+]c1c(F)cc(Oc2ccccn2)cc1OC(F)F. The molecule has 0 aliphatic carbocycles. The minimum absolute atomic E-state index is 0.0933. The number of nitrogens with zero attached hydrogens (tertiary/aromatic N) is 2. The third kappa shape index (κ3) is 3.17. The molecule has 1 aromatic heterocycles. The number of alkyl halides is 2. The fraction of sp³-hybridized carbons (Fsp3) is 0.0769. The fourth-order valence-electron chi connectivity index (χ4n) is 1.43.